The van der Waals surface area contributed by atoms with Gasteiger partial charge in [-0.2, -0.15) is 4.31 Å². The van der Waals surface area contributed by atoms with E-state index in [2.05, 4.69) is 19.3 Å². The zero-order chi connectivity index (χ0) is 21.1. The maximum absolute atomic E-state index is 12.0. The normalized spacial score (nSPS) is 24.4. The van der Waals surface area contributed by atoms with Crippen molar-refractivity contribution < 1.29 is 42.2 Å². The highest BCUT2D eigenvalue weighted by molar-refractivity contribution is 7.60. The molecule has 0 bridgehead atoms. The van der Waals surface area contributed by atoms with Gasteiger partial charge in [-0.1, -0.05) is 0 Å². The molecule has 0 spiro atoms. The number of H-pyrrole nitrogens is 1. The summed E-state index contributed by atoms with van der Waals surface area (Å²) >= 11 is 0. The number of phosphoric acid groups is 2. The second kappa shape index (κ2) is 8.57. The van der Waals surface area contributed by atoms with E-state index in [4.69, 9.17) is 24.6 Å². The summed E-state index contributed by atoms with van der Waals surface area (Å²) in [4.78, 5) is 59.3. The number of aryl methyl sites for hydroxylation is 1. The van der Waals surface area contributed by atoms with Crippen LogP contribution in [0.2, 0.25) is 0 Å². The van der Waals surface area contributed by atoms with E-state index < -0.39 is 51.9 Å². The molecule has 2 heterocycles. The van der Waals surface area contributed by atoms with Crippen LogP contribution in [0.25, 0.3) is 10.4 Å². The van der Waals surface area contributed by atoms with E-state index in [9.17, 15) is 23.6 Å². The van der Waals surface area contributed by atoms with E-state index in [0.717, 1.165) is 4.57 Å². The summed E-state index contributed by atoms with van der Waals surface area (Å²) in [5.74, 6) is 0. The fourth-order valence-electron chi connectivity index (χ4n) is 2.39. The molecule has 156 valence electrons. The Morgan fingerprint density at radius 2 is 2.11 bits per heavy atom. The lowest BCUT2D eigenvalue weighted by Crippen LogP contribution is -2.33. The Bertz CT molecular complexity index is 979. The summed E-state index contributed by atoms with van der Waals surface area (Å²) in [7, 11) is -10.6. The van der Waals surface area contributed by atoms with Gasteiger partial charge in [0.2, 0.25) is 0 Å². The zero-order valence-corrected chi connectivity index (χ0v) is 15.8. The Morgan fingerprint density at radius 1 is 1.43 bits per heavy atom. The molecule has 0 saturated carbocycles. The van der Waals surface area contributed by atoms with Gasteiger partial charge in [0, 0.05) is 23.1 Å². The van der Waals surface area contributed by atoms with Crippen LogP contribution in [-0.4, -0.2) is 43.0 Å². The summed E-state index contributed by atoms with van der Waals surface area (Å²) in [6.07, 6.45) is -2.76. The molecule has 0 radical (unpaired) electrons. The van der Waals surface area contributed by atoms with Crippen molar-refractivity contribution >= 4 is 15.6 Å². The summed E-state index contributed by atoms with van der Waals surface area (Å²) in [6.45, 7) is 0.938. The lowest BCUT2D eigenvalue weighted by molar-refractivity contribution is -0.0629. The monoisotopic (exact) mass is 443 g/mol. The second-order valence-electron chi connectivity index (χ2n) is 5.50. The number of hydrogen-bond acceptors (Lipinski definition) is 9. The number of rotatable bonds is 8. The number of aromatic nitrogens is 2. The number of azide groups is 1. The Labute approximate surface area is 155 Å². The molecule has 0 aliphatic carbocycles. The standard InChI is InChI=1S/C10H15N5O11P2/c1-5-3-15(10(17)12-9(5)16)8-2-6(7(24-8)4-23-14-13-11)25-28(21,22)26-27(18,19)20/h3,6-8H,2,4H2,1H3,(H,21,22)(H,12,16,17)(H2,18,19,20)/t6-,7+,8+/m0/s1. The van der Waals surface area contributed by atoms with Crippen molar-refractivity contribution in [1.29, 1.82) is 0 Å². The van der Waals surface area contributed by atoms with E-state index in [-0.39, 0.29) is 12.0 Å². The highest BCUT2D eigenvalue weighted by atomic mass is 31.3. The first-order chi connectivity index (χ1) is 12.9. The molecular weight excluding hydrogens is 428 g/mol. The van der Waals surface area contributed by atoms with Crippen molar-refractivity contribution in [3.05, 3.63) is 43.0 Å². The van der Waals surface area contributed by atoms with Crippen molar-refractivity contribution in [3.63, 3.8) is 0 Å². The van der Waals surface area contributed by atoms with E-state index in [1.807, 2.05) is 4.98 Å². The molecule has 1 aromatic rings. The Balaban J connectivity index is 2.27. The van der Waals surface area contributed by atoms with Crippen molar-refractivity contribution in [1.82, 2.24) is 9.55 Å². The maximum Gasteiger partial charge on any atom is 0.481 e. The van der Waals surface area contributed by atoms with E-state index in [1.54, 1.807) is 0 Å². The largest absolute Gasteiger partial charge is 0.481 e. The smallest absolute Gasteiger partial charge is 0.431 e. The minimum atomic E-state index is -5.35. The summed E-state index contributed by atoms with van der Waals surface area (Å²) in [5.41, 5.74) is 6.95. The first-order valence-electron chi connectivity index (χ1n) is 7.34. The molecule has 16 nitrogen and oxygen atoms in total. The number of nitrogens with one attached hydrogen (secondary N) is 1. The molecule has 0 amide bonds. The lowest BCUT2D eigenvalue weighted by Gasteiger charge is -2.20. The first-order valence-corrected chi connectivity index (χ1v) is 10.4. The van der Waals surface area contributed by atoms with Gasteiger partial charge in [0.25, 0.3) is 5.56 Å². The van der Waals surface area contributed by atoms with Gasteiger partial charge in [0.15, 0.2) is 0 Å². The third-order valence-electron chi connectivity index (χ3n) is 3.45. The topological polar surface area (TPSA) is 235 Å². The van der Waals surface area contributed by atoms with E-state index >= 15 is 0 Å². The predicted octanol–water partition coefficient (Wildman–Crippen LogP) is -0.0307. The summed E-state index contributed by atoms with van der Waals surface area (Å²) in [6, 6.07) is 0. The van der Waals surface area contributed by atoms with Crippen LogP contribution >= 0.6 is 15.6 Å². The number of nitrogens with zero attached hydrogens (tertiary/aromatic N) is 4. The van der Waals surface area contributed by atoms with Crippen molar-refractivity contribution in [2.75, 3.05) is 6.61 Å². The third kappa shape index (κ3) is 6.01. The Morgan fingerprint density at radius 3 is 2.71 bits per heavy atom. The van der Waals surface area contributed by atoms with Gasteiger partial charge in [0.1, 0.15) is 30.3 Å². The summed E-state index contributed by atoms with van der Waals surface area (Å²) < 4.78 is 37.5. The Kier molecular flexibility index (Phi) is 6.83. The van der Waals surface area contributed by atoms with Gasteiger partial charge >= 0.3 is 21.3 Å². The van der Waals surface area contributed by atoms with Gasteiger partial charge in [-0.05, 0) is 12.5 Å². The lowest BCUT2D eigenvalue weighted by atomic mass is 10.2. The molecule has 2 rings (SSSR count). The average Bonchev–Trinajstić information content (AvgIpc) is 2.90. The minimum absolute atomic E-state index is 0.173. The SMILES string of the molecule is Cc1cn([C@H]2C[C@H](OP(=O)(O)OP(=O)(O)O)[C@@H](CON=[N+]=[N-])O2)c(=O)[nH]c1=O. The van der Waals surface area contributed by atoms with Gasteiger partial charge in [-0.3, -0.25) is 18.9 Å². The molecule has 1 unspecified atom stereocenters. The average molecular weight is 443 g/mol. The maximum atomic E-state index is 12.0. The first kappa shape index (κ1) is 22.3. The zero-order valence-electron chi connectivity index (χ0n) is 14.0. The number of hydrogen-bond donors (Lipinski definition) is 4. The fourth-order valence-corrected chi connectivity index (χ4v) is 4.18. The third-order valence-corrected chi connectivity index (χ3v) is 5.66. The minimum Gasteiger partial charge on any atom is -0.431 e. The fraction of sp³-hybridized carbons (Fsp3) is 0.600. The van der Waals surface area contributed by atoms with Crippen LogP contribution in [-0.2, 0) is 27.5 Å². The number of phosphoric ester groups is 1. The highest BCUT2D eigenvalue weighted by Crippen LogP contribution is 2.59. The van der Waals surface area contributed by atoms with Crippen LogP contribution in [0.15, 0.2) is 21.1 Å². The molecule has 28 heavy (non-hydrogen) atoms. The molecule has 1 aromatic heterocycles. The Hall–Kier alpha value is -1.99. The van der Waals surface area contributed by atoms with Crippen molar-refractivity contribution in [2.45, 2.75) is 31.8 Å². The molecular formula is C10H15N5O11P2. The van der Waals surface area contributed by atoms with Crippen LogP contribution < -0.4 is 11.2 Å². The molecule has 1 saturated heterocycles. The van der Waals surface area contributed by atoms with Crippen LogP contribution in [0, 0.1) is 6.92 Å². The second-order valence-corrected chi connectivity index (χ2v) is 8.28. The predicted molar refractivity (Wildman–Crippen MR) is 87.5 cm³/mol. The molecule has 0 aromatic carbocycles. The molecule has 18 heteroatoms. The molecule has 1 fully saturated rings. The van der Waals surface area contributed by atoms with E-state index in [1.165, 1.54) is 13.1 Å². The molecule has 4 atom stereocenters. The number of aromatic amines is 1. The molecule has 1 aliphatic heterocycles. The molecule has 4 N–H and O–H groups in total. The van der Waals surface area contributed by atoms with Crippen LogP contribution in [0.4, 0.5) is 0 Å². The van der Waals surface area contributed by atoms with Gasteiger partial charge < -0.3 is 24.3 Å². The summed E-state index contributed by atoms with van der Waals surface area (Å²) in [5, 5.41) is 2.81. The van der Waals surface area contributed by atoms with Gasteiger partial charge in [-0.25, -0.2) is 13.9 Å². The van der Waals surface area contributed by atoms with Crippen LogP contribution in [0.1, 0.15) is 18.2 Å². The van der Waals surface area contributed by atoms with Gasteiger partial charge in [-0.15, -0.1) is 0 Å². The van der Waals surface area contributed by atoms with E-state index in [0.29, 0.717) is 0 Å². The quantitative estimate of drug-likeness (QED) is 0.137. The van der Waals surface area contributed by atoms with Crippen LogP contribution in [0.3, 0.4) is 0 Å². The van der Waals surface area contributed by atoms with Crippen LogP contribution in [0.5, 0.6) is 0 Å². The highest BCUT2D eigenvalue weighted by Gasteiger charge is 2.44. The van der Waals surface area contributed by atoms with Crippen molar-refractivity contribution in [3.8, 4) is 0 Å². The molecule has 1 aliphatic rings. The van der Waals surface area contributed by atoms with Crippen molar-refractivity contribution in [2.24, 2.45) is 5.28 Å². The number of ether oxygens (including phenoxy) is 1. The van der Waals surface area contributed by atoms with Gasteiger partial charge in [0.05, 0.1) is 0 Å².